The number of hydrogen-bond acceptors (Lipinski definition) is 0. The van der Waals surface area contributed by atoms with Crippen LogP contribution < -0.4 is 0 Å². The number of rotatable bonds is 1. The third kappa shape index (κ3) is 0.706. The first-order chi connectivity index (χ1) is 5.20. The average molecular weight is 150 g/mol. The van der Waals surface area contributed by atoms with Gasteiger partial charge in [-0.25, -0.2) is 0 Å². The quantitative estimate of drug-likeness (QED) is 0.503. The van der Waals surface area contributed by atoms with Crippen molar-refractivity contribution in [3.05, 3.63) is 12.7 Å². The van der Waals surface area contributed by atoms with Crippen molar-refractivity contribution in [3.63, 3.8) is 0 Å². The molecule has 0 N–H and O–H groups in total. The van der Waals surface area contributed by atoms with Crippen molar-refractivity contribution in [1.29, 1.82) is 0 Å². The lowest BCUT2D eigenvalue weighted by Crippen LogP contribution is -2.55. The maximum atomic E-state index is 3.92. The number of allylic oxidation sites excluding steroid dienone is 1. The minimum Gasteiger partial charge on any atom is -0.103 e. The van der Waals surface area contributed by atoms with Gasteiger partial charge in [0.1, 0.15) is 0 Å². The summed E-state index contributed by atoms with van der Waals surface area (Å²) >= 11 is 0. The van der Waals surface area contributed by atoms with E-state index in [1.165, 1.54) is 19.3 Å². The Morgan fingerprint density at radius 3 is 2.45 bits per heavy atom. The van der Waals surface area contributed by atoms with Crippen molar-refractivity contribution in [2.45, 2.75) is 33.1 Å². The van der Waals surface area contributed by atoms with Gasteiger partial charge in [0, 0.05) is 0 Å². The van der Waals surface area contributed by atoms with E-state index >= 15 is 0 Å². The van der Waals surface area contributed by atoms with Crippen LogP contribution in [0.1, 0.15) is 33.1 Å². The summed E-state index contributed by atoms with van der Waals surface area (Å²) in [5.74, 6) is 2.78. The van der Waals surface area contributed by atoms with E-state index in [1.807, 2.05) is 0 Å². The van der Waals surface area contributed by atoms with E-state index in [1.54, 1.807) is 0 Å². The predicted molar refractivity (Wildman–Crippen MR) is 48.3 cm³/mol. The fraction of sp³-hybridized carbons (Fsp3) is 0.818. The molecule has 0 bridgehead atoms. The summed E-state index contributed by atoms with van der Waals surface area (Å²) in [6, 6.07) is 0. The SMILES string of the molecule is C=CC1CCC12CC(C)C2C. The first-order valence-corrected chi connectivity index (χ1v) is 4.83. The Morgan fingerprint density at radius 2 is 2.18 bits per heavy atom. The van der Waals surface area contributed by atoms with E-state index in [0.717, 1.165) is 23.2 Å². The van der Waals surface area contributed by atoms with E-state index in [0.29, 0.717) is 0 Å². The van der Waals surface area contributed by atoms with Gasteiger partial charge in [0.15, 0.2) is 0 Å². The normalized spacial score (nSPS) is 54.9. The predicted octanol–water partition coefficient (Wildman–Crippen LogP) is 3.24. The van der Waals surface area contributed by atoms with Crippen LogP contribution in [0.25, 0.3) is 0 Å². The van der Waals surface area contributed by atoms with Gasteiger partial charge in [-0.05, 0) is 42.4 Å². The van der Waals surface area contributed by atoms with E-state index in [4.69, 9.17) is 0 Å². The topological polar surface area (TPSA) is 0 Å². The highest BCUT2D eigenvalue weighted by molar-refractivity contribution is 5.12. The van der Waals surface area contributed by atoms with Crippen molar-refractivity contribution >= 4 is 0 Å². The first kappa shape index (κ1) is 7.39. The highest BCUT2D eigenvalue weighted by Crippen LogP contribution is 2.65. The zero-order valence-corrected chi connectivity index (χ0v) is 7.64. The highest BCUT2D eigenvalue weighted by Gasteiger charge is 2.57. The molecule has 0 aromatic rings. The van der Waals surface area contributed by atoms with Crippen LogP contribution in [0.4, 0.5) is 0 Å². The van der Waals surface area contributed by atoms with Gasteiger partial charge in [0.25, 0.3) is 0 Å². The molecule has 4 unspecified atom stereocenters. The minimum absolute atomic E-state index is 0.723. The van der Waals surface area contributed by atoms with Crippen LogP contribution in [0.3, 0.4) is 0 Å². The molecule has 0 nitrogen and oxygen atoms in total. The first-order valence-electron chi connectivity index (χ1n) is 4.83. The zero-order valence-electron chi connectivity index (χ0n) is 7.64. The molecule has 0 amide bonds. The monoisotopic (exact) mass is 150 g/mol. The van der Waals surface area contributed by atoms with Crippen molar-refractivity contribution in [2.24, 2.45) is 23.2 Å². The summed E-state index contributed by atoms with van der Waals surface area (Å²) < 4.78 is 0. The third-order valence-corrected chi connectivity index (χ3v) is 4.41. The van der Waals surface area contributed by atoms with Crippen LogP contribution in [0, 0.1) is 23.2 Å². The molecule has 0 heterocycles. The largest absolute Gasteiger partial charge is 0.103 e. The summed E-state index contributed by atoms with van der Waals surface area (Å²) in [4.78, 5) is 0. The second-order valence-corrected chi connectivity index (χ2v) is 4.58. The summed E-state index contributed by atoms with van der Waals surface area (Å²) in [5.41, 5.74) is 0.723. The molecule has 0 aromatic carbocycles. The van der Waals surface area contributed by atoms with Crippen LogP contribution >= 0.6 is 0 Å². The Balaban J connectivity index is 2.08. The van der Waals surface area contributed by atoms with Gasteiger partial charge < -0.3 is 0 Å². The van der Waals surface area contributed by atoms with Gasteiger partial charge in [-0.2, -0.15) is 0 Å². The standard InChI is InChI=1S/C11H18/c1-4-10-5-6-11(10)7-8(2)9(11)3/h4,8-10H,1,5-7H2,2-3H3. The second kappa shape index (κ2) is 2.12. The van der Waals surface area contributed by atoms with Crippen molar-refractivity contribution < 1.29 is 0 Å². The Kier molecular flexibility index (Phi) is 1.42. The molecule has 4 atom stereocenters. The zero-order chi connectivity index (χ0) is 8.06. The van der Waals surface area contributed by atoms with Gasteiger partial charge >= 0.3 is 0 Å². The lowest BCUT2D eigenvalue weighted by molar-refractivity contribution is -0.124. The molecule has 0 saturated heterocycles. The summed E-state index contributed by atoms with van der Waals surface area (Å²) in [6.07, 6.45) is 6.52. The summed E-state index contributed by atoms with van der Waals surface area (Å²) in [6.45, 7) is 8.72. The van der Waals surface area contributed by atoms with Gasteiger partial charge in [0.05, 0.1) is 0 Å². The molecular weight excluding hydrogens is 132 g/mol. The Morgan fingerprint density at radius 1 is 1.45 bits per heavy atom. The summed E-state index contributed by atoms with van der Waals surface area (Å²) in [5, 5.41) is 0. The second-order valence-electron chi connectivity index (χ2n) is 4.58. The Hall–Kier alpha value is -0.260. The fourth-order valence-electron chi connectivity index (χ4n) is 3.22. The van der Waals surface area contributed by atoms with E-state index < -0.39 is 0 Å². The molecule has 0 heteroatoms. The third-order valence-electron chi connectivity index (χ3n) is 4.41. The molecule has 2 aliphatic rings. The molecule has 62 valence electrons. The molecule has 2 saturated carbocycles. The van der Waals surface area contributed by atoms with Crippen LogP contribution in [-0.4, -0.2) is 0 Å². The molecular formula is C11H18. The lowest BCUT2D eigenvalue weighted by Gasteiger charge is -2.63. The lowest BCUT2D eigenvalue weighted by atomic mass is 9.42. The van der Waals surface area contributed by atoms with Crippen molar-refractivity contribution in [2.75, 3.05) is 0 Å². The highest BCUT2D eigenvalue weighted by atomic mass is 14.6. The van der Waals surface area contributed by atoms with E-state index in [9.17, 15) is 0 Å². The maximum Gasteiger partial charge on any atom is -0.0177 e. The summed E-state index contributed by atoms with van der Waals surface area (Å²) in [7, 11) is 0. The van der Waals surface area contributed by atoms with Crippen molar-refractivity contribution in [3.8, 4) is 0 Å². The molecule has 0 aliphatic heterocycles. The Labute approximate surface area is 69.7 Å². The molecule has 1 spiro atoms. The van der Waals surface area contributed by atoms with Crippen molar-refractivity contribution in [1.82, 2.24) is 0 Å². The Bertz CT molecular complexity index is 182. The van der Waals surface area contributed by atoms with E-state index in [-0.39, 0.29) is 0 Å². The van der Waals surface area contributed by atoms with E-state index in [2.05, 4.69) is 26.5 Å². The molecule has 2 aliphatic carbocycles. The fourth-order valence-corrected chi connectivity index (χ4v) is 3.22. The van der Waals surface area contributed by atoms with Gasteiger partial charge in [-0.1, -0.05) is 19.9 Å². The molecule has 2 fully saturated rings. The maximum absolute atomic E-state index is 3.92. The minimum atomic E-state index is 0.723. The van der Waals surface area contributed by atoms with Gasteiger partial charge in [-0.15, -0.1) is 6.58 Å². The molecule has 2 rings (SSSR count). The molecule has 11 heavy (non-hydrogen) atoms. The smallest absolute Gasteiger partial charge is 0.0177 e. The van der Waals surface area contributed by atoms with Crippen LogP contribution in [0.2, 0.25) is 0 Å². The van der Waals surface area contributed by atoms with Crippen LogP contribution in [0.15, 0.2) is 12.7 Å². The number of hydrogen-bond donors (Lipinski definition) is 0. The van der Waals surface area contributed by atoms with Gasteiger partial charge in [-0.3, -0.25) is 0 Å². The van der Waals surface area contributed by atoms with Crippen LogP contribution in [-0.2, 0) is 0 Å². The van der Waals surface area contributed by atoms with Crippen LogP contribution in [0.5, 0.6) is 0 Å². The molecule has 0 radical (unpaired) electrons. The van der Waals surface area contributed by atoms with Gasteiger partial charge in [0.2, 0.25) is 0 Å². The average Bonchev–Trinajstić information content (AvgIpc) is 1.97. The molecule has 0 aromatic heterocycles.